The maximum Gasteiger partial charge on any atom is 0.144 e. The molecule has 1 aromatic carbocycles. The number of hydrogen-bond donors (Lipinski definition) is 0. The van der Waals surface area contributed by atoms with Crippen LogP contribution < -0.4 is 0 Å². The minimum Gasteiger partial charge on any atom is -0.239 e. The van der Waals surface area contributed by atoms with Crippen LogP contribution in [0.25, 0.3) is 10.2 Å². The van der Waals surface area contributed by atoms with Gasteiger partial charge in [0, 0.05) is 5.92 Å². The molecule has 0 amide bonds. The molecule has 2 rings (SSSR count). The summed E-state index contributed by atoms with van der Waals surface area (Å²) in [6.45, 7) is 4.12. The zero-order valence-corrected chi connectivity index (χ0v) is 9.42. The molecular formula is C10H9ClFNS. The van der Waals surface area contributed by atoms with Gasteiger partial charge in [0.25, 0.3) is 0 Å². The highest BCUT2D eigenvalue weighted by Crippen LogP contribution is 2.32. The third-order valence-corrected chi connectivity index (χ3v) is 3.64. The molecule has 1 nitrogen and oxygen atoms in total. The Kier molecular flexibility index (Phi) is 2.45. The number of halogens is 2. The van der Waals surface area contributed by atoms with Crippen molar-refractivity contribution in [1.82, 2.24) is 4.98 Å². The van der Waals surface area contributed by atoms with E-state index in [1.54, 1.807) is 17.4 Å². The molecule has 2 aromatic rings. The highest BCUT2D eigenvalue weighted by molar-refractivity contribution is 7.18. The Labute approximate surface area is 90.5 Å². The monoisotopic (exact) mass is 229 g/mol. The number of fused-ring (bicyclic) bond motifs is 1. The van der Waals surface area contributed by atoms with E-state index in [1.807, 2.05) is 0 Å². The van der Waals surface area contributed by atoms with Crippen LogP contribution in [0, 0.1) is 5.82 Å². The molecule has 0 bridgehead atoms. The van der Waals surface area contributed by atoms with E-state index in [9.17, 15) is 4.39 Å². The predicted octanol–water partition coefficient (Wildman–Crippen LogP) is 4.21. The van der Waals surface area contributed by atoms with Gasteiger partial charge in [0.2, 0.25) is 0 Å². The Morgan fingerprint density at radius 1 is 1.43 bits per heavy atom. The molecule has 0 saturated heterocycles. The number of benzene rings is 1. The van der Waals surface area contributed by atoms with Crippen molar-refractivity contribution in [3.05, 3.63) is 28.0 Å². The first-order chi connectivity index (χ1) is 6.59. The number of hydrogen-bond acceptors (Lipinski definition) is 2. The second-order valence-electron chi connectivity index (χ2n) is 3.41. The normalized spacial score (nSPS) is 11.5. The van der Waals surface area contributed by atoms with Crippen molar-refractivity contribution >= 4 is 33.2 Å². The molecule has 14 heavy (non-hydrogen) atoms. The summed E-state index contributed by atoms with van der Waals surface area (Å²) >= 11 is 7.38. The molecule has 1 aromatic heterocycles. The van der Waals surface area contributed by atoms with Gasteiger partial charge >= 0.3 is 0 Å². The van der Waals surface area contributed by atoms with Gasteiger partial charge in [-0.2, -0.15) is 0 Å². The predicted molar refractivity (Wildman–Crippen MR) is 58.7 cm³/mol. The maximum atomic E-state index is 13.1. The van der Waals surface area contributed by atoms with Crippen LogP contribution in [0.15, 0.2) is 12.1 Å². The fourth-order valence-corrected chi connectivity index (χ4v) is 2.44. The van der Waals surface area contributed by atoms with E-state index in [0.29, 0.717) is 11.4 Å². The highest BCUT2D eigenvalue weighted by atomic mass is 35.5. The average Bonchev–Trinajstić information content (AvgIpc) is 2.56. The molecule has 1 heterocycles. The largest absolute Gasteiger partial charge is 0.239 e. The van der Waals surface area contributed by atoms with Gasteiger partial charge in [-0.25, -0.2) is 9.37 Å². The van der Waals surface area contributed by atoms with Crippen molar-refractivity contribution in [3.63, 3.8) is 0 Å². The third-order valence-electron chi connectivity index (χ3n) is 1.96. The quantitative estimate of drug-likeness (QED) is 0.714. The molecular weight excluding hydrogens is 221 g/mol. The fourth-order valence-electron chi connectivity index (χ4n) is 1.20. The summed E-state index contributed by atoms with van der Waals surface area (Å²) in [5, 5.41) is 1.12. The molecule has 0 unspecified atom stereocenters. The highest BCUT2D eigenvalue weighted by Gasteiger charge is 2.12. The van der Waals surface area contributed by atoms with Crippen molar-refractivity contribution in [2.24, 2.45) is 0 Å². The van der Waals surface area contributed by atoms with E-state index in [1.165, 1.54) is 6.07 Å². The smallest absolute Gasteiger partial charge is 0.144 e. The maximum absolute atomic E-state index is 13.1. The van der Waals surface area contributed by atoms with Crippen LogP contribution in [0.3, 0.4) is 0 Å². The molecule has 0 atom stereocenters. The van der Waals surface area contributed by atoms with Crippen LogP contribution in [0.4, 0.5) is 4.39 Å². The van der Waals surface area contributed by atoms with E-state index >= 15 is 0 Å². The second kappa shape index (κ2) is 3.48. The van der Waals surface area contributed by atoms with Crippen LogP contribution in [0.1, 0.15) is 24.8 Å². The van der Waals surface area contributed by atoms with Gasteiger partial charge in [-0.05, 0) is 12.1 Å². The first kappa shape index (κ1) is 9.87. The van der Waals surface area contributed by atoms with Crippen molar-refractivity contribution in [2.75, 3.05) is 0 Å². The number of aromatic nitrogens is 1. The van der Waals surface area contributed by atoms with Crippen molar-refractivity contribution in [2.45, 2.75) is 19.8 Å². The van der Waals surface area contributed by atoms with Gasteiger partial charge < -0.3 is 0 Å². The van der Waals surface area contributed by atoms with Crippen LogP contribution in [-0.4, -0.2) is 4.98 Å². The van der Waals surface area contributed by atoms with Crippen LogP contribution >= 0.6 is 22.9 Å². The molecule has 4 heteroatoms. The molecule has 74 valence electrons. The van der Waals surface area contributed by atoms with Gasteiger partial charge in [0.05, 0.1) is 9.71 Å². The lowest BCUT2D eigenvalue weighted by Gasteiger charge is -1.95. The second-order valence-corrected chi connectivity index (χ2v) is 4.86. The van der Waals surface area contributed by atoms with Gasteiger partial charge in [0.15, 0.2) is 0 Å². The molecule has 0 saturated carbocycles. The van der Waals surface area contributed by atoms with E-state index in [2.05, 4.69) is 18.8 Å². The standard InChI is InChI=1S/C10H9ClFNS/c1-5(2)10-13-9-7(14-10)4-3-6(12)8(9)11/h3-5H,1-2H3. The minimum atomic E-state index is -0.403. The van der Waals surface area contributed by atoms with Crippen LogP contribution in [0.2, 0.25) is 5.02 Å². The zero-order chi connectivity index (χ0) is 10.3. The van der Waals surface area contributed by atoms with Gasteiger partial charge in [-0.15, -0.1) is 11.3 Å². The number of nitrogens with zero attached hydrogens (tertiary/aromatic N) is 1. The molecule has 0 aliphatic carbocycles. The first-order valence-corrected chi connectivity index (χ1v) is 5.53. The molecule has 0 radical (unpaired) electrons. The molecule has 0 fully saturated rings. The molecule has 0 aliphatic rings. The summed E-state index contributed by atoms with van der Waals surface area (Å²) in [6.07, 6.45) is 0. The average molecular weight is 230 g/mol. The van der Waals surface area contributed by atoms with Crippen LogP contribution in [0.5, 0.6) is 0 Å². The van der Waals surface area contributed by atoms with Gasteiger partial charge in [0.1, 0.15) is 16.4 Å². The Morgan fingerprint density at radius 2 is 2.14 bits per heavy atom. The van der Waals surface area contributed by atoms with Crippen molar-refractivity contribution < 1.29 is 4.39 Å². The fraction of sp³-hybridized carbons (Fsp3) is 0.300. The SMILES string of the molecule is CC(C)c1nc2c(Cl)c(F)ccc2s1. The first-order valence-electron chi connectivity index (χ1n) is 4.34. The van der Waals surface area contributed by atoms with Gasteiger partial charge in [-0.1, -0.05) is 25.4 Å². The van der Waals surface area contributed by atoms with E-state index in [-0.39, 0.29) is 5.02 Å². The Bertz CT molecular complexity index is 478. The Balaban J connectivity index is 2.71. The van der Waals surface area contributed by atoms with E-state index in [0.717, 1.165) is 9.71 Å². The van der Waals surface area contributed by atoms with E-state index < -0.39 is 5.82 Å². The summed E-state index contributed by atoms with van der Waals surface area (Å²) in [4.78, 5) is 4.32. The molecule has 0 aliphatic heterocycles. The summed E-state index contributed by atoms with van der Waals surface area (Å²) < 4.78 is 14.0. The Morgan fingerprint density at radius 3 is 2.79 bits per heavy atom. The van der Waals surface area contributed by atoms with Crippen molar-refractivity contribution in [1.29, 1.82) is 0 Å². The van der Waals surface area contributed by atoms with E-state index in [4.69, 9.17) is 11.6 Å². The van der Waals surface area contributed by atoms with Gasteiger partial charge in [-0.3, -0.25) is 0 Å². The minimum absolute atomic E-state index is 0.130. The molecule has 0 spiro atoms. The molecule has 0 N–H and O–H groups in total. The van der Waals surface area contributed by atoms with Crippen molar-refractivity contribution in [3.8, 4) is 0 Å². The topological polar surface area (TPSA) is 12.9 Å². The summed E-state index contributed by atoms with van der Waals surface area (Å²) in [5.41, 5.74) is 0.584. The summed E-state index contributed by atoms with van der Waals surface area (Å²) in [5.74, 6) is -0.0497. The lowest BCUT2D eigenvalue weighted by Crippen LogP contribution is -1.84. The third kappa shape index (κ3) is 1.51. The Hall–Kier alpha value is -0.670. The van der Waals surface area contributed by atoms with Crippen LogP contribution in [-0.2, 0) is 0 Å². The number of rotatable bonds is 1. The lowest BCUT2D eigenvalue weighted by atomic mass is 10.2. The summed E-state index contributed by atoms with van der Waals surface area (Å²) in [7, 11) is 0. The number of thiazole rings is 1. The zero-order valence-electron chi connectivity index (χ0n) is 7.84. The summed E-state index contributed by atoms with van der Waals surface area (Å²) in [6, 6.07) is 3.10. The lowest BCUT2D eigenvalue weighted by molar-refractivity contribution is 0.630.